The van der Waals surface area contributed by atoms with Crippen LogP contribution in [0.3, 0.4) is 0 Å². The second-order valence-corrected chi connectivity index (χ2v) is 17.9. The van der Waals surface area contributed by atoms with E-state index in [2.05, 4.69) is 41.4 Å². The van der Waals surface area contributed by atoms with E-state index in [0.29, 0.717) is 82.7 Å². The average Bonchev–Trinajstić information content (AvgIpc) is 3.77. The number of anilines is 4. The molecule has 3 amide bonds. The first-order valence-electron chi connectivity index (χ1n) is 20.6. The van der Waals surface area contributed by atoms with Crippen molar-refractivity contribution in [3.05, 3.63) is 130 Å². The molecular formula is C49H47N5O7S. The number of allylic oxidation sites excluding steroid dienone is 1. The van der Waals surface area contributed by atoms with Gasteiger partial charge in [-0.1, -0.05) is 50.2 Å². The SMILES string of the molecule is COc1cc2c(cc1OCc1cc(COc3cc4c(cc3OC)C(=O)N3c5ccccc5C[C@H]3CN4)cc(NC(=O)CCC(C)(C)SC)c1)N=C=C1Cc3ccccc3N1C2=O. The van der Waals surface area contributed by atoms with Gasteiger partial charge in [0.15, 0.2) is 23.0 Å². The van der Waals surface area contributed by atoms with Crippen LogP contribution in [0.15, 0.2) is 102 Å². The fourth-order valence-electron chi connectivity index (χ4n) is 8.41. The number of carbonyl (C=O) groups is 3. The third-order valence-electron chi connectivity index (χ3n) is 11.9. The molecule has 0 radical (unpaired) electrons. The number of hydrogen-bond acceptors (Lipinski definition) is 10. The van der Waals surface area contributed by atoms with Crippen molar-refractivity contribution in [2.24, 2.45) is 4.99 Å². The number of ether oxygens (including phenoxy) is 4. The van der Waals surface area contributed by atoms with E-state index >= 15 is 0 Å². The molecule has 4 aliphatic heterocycles. The highest BCUT2D eigenvalue weighted by atomic mass is 32.2. The number of thioether (sulfide) groups is 1. The number of para-hydroxylation sites is 2. The Morgan fingerprint density at radius 3 is 2.21 bits per heavy atom. The summed E-state index contributed by atoms with van der Waals surface area (Å²) in [4.78, 5) is 49.4. The molecule has 13 heteroatoms. The van der Waals surface area contributed by atoms with Crippen LogP contribution in [-0.4, -0.2) is 61.4 Å². The molecular weight excluding hydrogens is 803 g/mol. The third-order valence-corrected chi connectivity index (χ3v) is 13.2. The number of nitrogens with one attached hydrogen (secondary N) is 2. The number of benzene rings is 5. The van der Waals surface area contributed by atoms with Crippen molar-refractivity contribution in [3.63, 3.8) is 0 Å². The van der Waals surface area contributed by atoms with Crippen LogP contribution in [0.4, 0.5) is 28.4 Å². The van der Waals surface area contributed by atoms with Gasteiger partial charge < -0.3 is 34.5 Å². The summed E-state index contributed by atoms with van der Waals surface area (Å²) >= 11 is 1.73. The van der Waals surface area contributed by atoms with Crippen molar-refractivity contribution in [1.82, 2.24) is 0 Å². The van der Waals surface area contributed by atoms with Gasteiger partial charge in [-0.05, 0) is 83.8 Å². The summed E-state index contributed by atoms with van der Waals surface area (Å²) in [6.45, 7) is 5.05. The van der Waals surface area contributed by atoms with Crippen LogP contribution in [-0.2, 0) is 30.8 Å². The summed E-state index contributed by atoms with van der Waals surface area (Å²) in [7, 11) is 3.08. The van der Waals surface area contributed by atoms with Gasteiger partial charge in [-0.2, -0.15) is 11.8 Å². The molecule has 4 aliphatic rings. The molecule has 0 bridgehead atoms. The monoisotopic (exact) mass is 849 g/mol. The van der Waals surface area contributed by atoms with Gasteiger partial charge in [0.2, 0.25) is 5.91 Å². The Morgan fingerprint density at radius 2 is 1.50 bits per heavy atom. The molecule has 0 spiro atoms. The lowest BCUT2D eigenvalue weighted by atomic mass is 10.1. The van der Waals surface area contributed by atoms with E-state index < -0.39 is 0 Å². The van der Waals surface area contributed by atoms with Gasteiger partial charge in [-0.25, -0.2) is 4.99 Å². The van der Waals surface area contributed by atoms with Gasteiger partial charge in [-0.15, -0.1) is 0 Å². The van der Waals surface area contributed by atoms with Crippen LogP contribution < -0.4 is 39.4 Å². The van der Waals surface area contributed by atoms with Crippen LogP contribution in [0.5, 0.6) is 23.0 Å². The first-order chi connectivity index (χ1) is 30.0. The second kappa shape index (κ2) is 16.6. The Bertz CT molecular complexity index is 2710. The Balaban J connectivity index is 0.975. The fraction of sp³-hybridized carbons (Fsp3) is 0.286. The normalized spacial score (nSPS) is 15.8. The zero-order valence-electron chi connectivity index (χ0n) is 35.3. The third kappa shape index (κ3) is 7.85. The predicted octanol–water partition coefficient (Wildman–Crippen LogP) is 9.12. The minimum Gasteiger partial charge on any atom is -0.493 e. The predicted molar refractivity (Wildman–Crippen MR) is 243 cm³/mol. The molecule has 0 fully saturated rings. The maximum atomic E-state index is 14.0. The maximum absolute atomic E-state index is 14.0. The Hall–Kier alpha value is -6.69. The quantitative estimate of drug-likeness (QED) is 0.119. The molecule has 62 heavy (non-hydrogen) atoms. The van der Waals surface area contributed by atoms with Crippen LogP contribution in [0.1, 0.15) is 69.7 Å². The summed E-state index contributed by atoms with van der Waals surface area (Å²) in [6, 6.07) is 28.4. The summed E-state index contributed by atoms with van der Waals surface area (Å²) in [5.74, 6) is 4.35. The van der Waals surface area contributed by atoms with Gasteiger partial charge >= 0.3 is 0 Å². The van der Waals surface area contributed by atoms with Crippen LogP contribution in [0.25, 0.3) is 0 Å². The van der Waals surface area contributed by atoms with Crippen molar-refractivity contribution >= 4 is 63.8 Å². The minimum atomic E-state index is -0.216. The fourth-order valence-corrected chi connectivity index (χ4v) is 8.72. The summed E-state index contributed by atoms with van der Waals surface area (Å²) in [5.41, 5.74) is 8.72. The van der Waals surface area contributed by atoms with Crippen LogP contribution >= 0.6 is 11.8 Å². The van der Waals surface area contributed by atoms with Crippen molar-refractivity contribution in [3.8, 4) is 23.0 Å². The molecule has 5 aromatic carbocycles. The summed E-state index contributed by atoms with van der Waals surface area (Å²) in [5, 5.41) is 6.58. The van der Waals surface area contributed by atoms with Crippen molar-refractivity contribution < 1.29 is 33.3 Å². The maximum Gasteiger partial charge on any atom is 0.265 e. The van der Waals surface area contributed by atoms with Gasteiger partial charge in [0.1, 0.15) is 13.2 Å². The van der Waals surface area contributed by atoms with Gasteiger partial charge in [0.05, 0.1) is 54.1 Å². The Kier molecular flexibility index (Phi) is 10.9. The van der Waals surface area contributed by atoms with E-state index in [4.69, 9.17) is 18.9 Å². The van der Waals surface area contributed by atoms with Crippen LogP contribution in [0, 0.1) is 0 Å². The van der Waals surface area contributed by atoms with E-state index in [1.54, 1.807) is 42.0 Å². The largest absolute Gasteiger partial charge is 0.493 e. The number of hydrogen-bond donors (Lipinski definition) is 2. The number of nitrogens with zero attached hydrogens (tertiary/aromatic N) is 3. The zero-order valence-corrected chi connectivity index (χ0v) is 36.1. The Morgan fingerprint density at radius 1 is 0.839 bits per heavy atom. The van der Waals surface area contributed by atoms with Crippen molar-refractivity contribution in [2.75, 3.05) is 47.5 Å². The summed E-state index contributed by atoms with van der Waals surface area (Å²) < 4.78 is 24.3. The number of amides is 3. The number of carbonyl (C=O) groups excluding carboxylic acids is 3. The van der Waals surface area contributed by atoms with Gasteiger partial charge in [0.25, 0.3) is 11.8 Å². The minimum absolute atomic E-state index is 0.0118. The highest BCUT2D eigenvalue weighted by Gasteiger charge is 2.38. The summed E-state index contributed by atoms with van der Waals surface area (Å²) in [6.07, 6.45) is 4.44. The van der Waals surface area contributed by atoms with E-state index in [-0.39, 0.29) is 41.7 Å². The molecule has 316 valence electrons. The number of aliphatic imine (C=N–C) groups is 1. The molecule has 1 atom stereocenters. The lowest BCUT2D eigenvalue weighted by Crippen LogP contribution is -2.39. The smallest absolute Gasteiger partial charge is 0.265 e. The first kappa shape index (κ1) is 40.7. The molecule has 5 aromatic rings. The first-order valence-corrected chi connectivity index (χ1v) is 21.8. The molecule has 0 saturated carbocycles. The molecule has 0 aromatic heterocycles. The molecule has 0 saturated heterocycles. The van der Waals surface area contributed by atoms with E-state index in [9.17, 15) is 14.4 Å². The second-order valence-electron chi connectivity index (χ2n) is 16.4. The average molecular weight is 850 g/mol. The molecule has 0 unspecified atom stereocenters. The van der Waals surface area contributed by atoms with Crippen LogP contribution in [0.2, 0.25) is 0 Å². The lowest BCUT2D eigenvalue weighted by molar-refractivity contribution is -0.116. The molecule has 4 heterocycles. The van der Waals surface area contributed by atoms with Crippen molar-refractivity contribution in [1.29, 1.82) is 0 Å². The number of methoxy groups -OCH3 is 2. The standard InChI is InChI=1S/C49H47N5O7S/c1-49(2,62-5)15-14-46(55)52-33-17-29(27-60-44-23-38-36(21-42(44)58-3)47(56)53-34(25-50-38)19-31-10-6-8-12-40(31)53)16-30(18-33)28-61-45-24-39-37(22-43(45)59-4)48(57)54-35(26-51-39)20-32-11-7-9-13-41(32)54/h6-13,16-18,21-24,34,50H,14-15,19-20,25,27-28H2,1-5H3,(H,52,55)/t34-/m0/s1. The lowest BCUT2D eigenvalue weighted by Gasteiger charge is -2.22. The van der Waals surface area contributed by atoms with E-state index in [0.717, 1.165) is 40.0 Å². The molecule has 12 nitrogen and oxygen atoms in total. The van der Waals surface area contributed by atoms with Gasteiger partial charge in [0, 0.05) is 53.5 Å². The highest BCUT2D eigenvalue weighted by Crippen LogP contribution is 2.43. The highest BCUT2D eigenvalue weighted by molar-refractivity contribution is 7.99. The van der Waals surface area contributed by atoms with E-state index in [1.807, 2.05) is 77.9 Å². The Labute approximate surface area is 364 Å². The molecule has 2 N–H and O–H groups in total. The molecule has 0 aliphatic carbocycles. The molecule has 9 rings (SSSR count). The van der Waals surface area contributed by atoms with E-state index in [1.165, 1.54) is 7.11 Å². The topological polar surface area (TPSA) is 131 Å². The zero-order chi connectivity index (χ0) is 43.1. The number of fused-ring (bicyclic) bond motifs is 8. The van der Waals surface area contributed by atoms with Crippen molar-refractivity contribution in [2.45, 2.75) is 63.5 Å². The van der Waals surface area contributed by atoms with Gasteiger partial charge in [-0.3, -0.25) is 19.3 Å². The number of rotatable bonds is 13.